The topological polar surface area (TPSA) is 47.6 Å². The lowest BCUT2D eigenvalue weighted by atomic mass is 10.1. The van der Waals surface area contributed by atoms with Gasteiger partial charge in [0.15, 0.2) is 0 Å². The van der Waals surface area contributed by atoms with Crippen LogP contribution in [-0.2, 0) is 0 Å². The highest BCUT2D eigenvalue weighted by Gasteiger charge is 2.21. The number of rotatable bonds is 4. The molecule has 0 aliphatic heterocycles. The fourth-order valence-electron chi connectivity index (χ4n) is 1.38. The van der Waals surface area contributed by atoms with Gasteiger partial charge in [0.25, 0.3) is 5.91 Å². The van der Waals surface area contributed by atoms with Crippen LogP contribution in [0.4, 0.5) is 0 Å². The number of carbonyl (C=O) groups is 1. The molecule has 1 aromatic rings. The molecule has 0 unspecified atom stereocenters. The molecular formula is C14H17NO3. The van der Waals surface area contributed by atoms with E-state index < -0.39 is 5.54 Å². The van der Waals surface area contributed by atoms with Crippen LogP contribution in [-0.4, -0.2) is 25.7 Å². The van der Waals surface area contributed by atoms with E-state index >= 15 is 0 Å². The molecule has 0 aromatic heterocycles. The summed E-state index contributed by atoms with van der Waals surface area (Å²) in [5.74, 6) is 3.26. The Bertz CT molecular complexity index is 486. The Morgan fingerprint density at radius 1 is 1.33 bits per heavy atom. The van der Waals surface area contributed by atoms with Crippen molar-refractivity contribution in [2.45, 2.75) is 19.4 Å². The Morgan fingerprint density at radius 2 is 2.00 bits per heavy atom. The highest BCUT2D eigenvalue weighted by atomic mass is 16.5. The van der Waals surface area contributed by atoms with Crippen molar-refractivity contribution in [1.29, 1.82) is 0 Å². The summed E-state index contributed by atoms with van der Waals surface area (Å²) in [7, 11) is 3.04. The average Bonchev–Trinajstić information content (AvgIpc) is 2.37. The Kier molecular flexibility index (Phi) is 4.22. The Balaban J connectivity index is 3.08. The average molecular weight is 247 g/mol. The van der Waals surface area contributed by atoms with Crippen molar-refractivity contribution in [1.82, 2.24) is 5.32 Å². The van der Waals surface area contributed by atoms with E-state index in [0.29, 0.717) is 17.1 Å². The number of nitrogens with one attached hydrogen (secondary N) is 1. The standard InChI is InChI=1S/C14H17NO3/c1-6-14(2,3)15-13(16)11-9-10(17-4)7-8-12(11)18-5/h1,7-9H,2-5H3,(H,15,16). The van der Waals surface area contributed by atoms with E-state index in [-0.39, 0.29) is 5.91 Å². The van der Waals surface area contributed by atoms with Crippen LogP contribution in [0.5, 0.6) is 11.5 Å². The zero-order valence-electron chi connectivity index (χ0n) is 11.0. The number of benzene rings is 1. The monoisotopic (exact) mass is 247 g/mol. The summed E-state index contributed by atoms with van der Waals surface area (Å²) < 4.78 is 10.2. The van der Waals surface area contributed by atoms with Crippen molar-refractivity contribution in [3.05, 3.63) is 23.8 Å². The van der Waals surface area contributed by atoms with E-state index in [4.69, 9.17) is 15.9 Å². The molecule has 0 saturated heterocycles. The van der Waals surface area contributed by atoms with Crippen LogP contribution in [0.25, 0.3) is 0 Å². The molecule has 1 N–H and O–H groups in total. The molecule has 18 heavy (non-hydrogen) atoms. The molecular weight excluding hydrogens is 230 g/mol. The van der Waals surface area contributed by atoms with E-state index in [1.54, 1.807) is 32.0 Å². The summed E-state index contributed by atoms with van der Waals surface area (Å²) in [6, 6.07) is 5.01. The van der Waals surface area contributed by atoms with Crippen molar-refractivity contribution in [2.24, 2.45) is 0 Å². The molecule has 1 amide bonds. The van der Waals surface area contributed by atoms with Gasteiger partial charge in [0.2, 0.25) is 0 Å². The molecule has 0 bridgehead atoms. The molecule has 0 fully saturated rings. The van der Waals surface area contributed by atoms with Crippen LogP contribution >= 0.6 is 0 Å². The quantitative estimate of drug-likeness (QED) is 0.826. The van der Waals surface area contributed by atoms with Crippen LogP contribution in [0.1, 0.15) is 24.2 Å². The summed E-state index contributed by atoms with van der Waals surface area (Å²) >= 11 is 0. The van der Waals surface area contributed by atoms with Gasteiger partial charge in [-0.15, -0.1) is 6.42 Å². The van der Waals surface area contributed by atoms with E-state index in [0.717, 1.165) is 0 Å². The molecule has 0 saturated carbocycles. The van der Waals surface area contributed by atoms with Crippen LogP contribution in [0.2, 0.25) is 0 Å². The summed E-state index contributed by atoms with van der Waals surface area (Å²) in [5.41, 5.74) is -0.328. The minimum absolute atomic E-state index is 0.297. The number of hydrogen-bond acceptors (Lipinski definition) is 3. The van der Waals surface area contributed by atoms with Gasteiger partial charge in [0.05, 0.1) is 25.3 Å². The van der Waals surface area contributed by atoms with Gasteiger partial charge in [-0.05, 0) is 32.0 Å². The Labute approximate surface area is 107 Å². The molecule has 0 spiro atoms. The third kappa shape index (κ3) is 3.17. The number of carbonyl (C=O) groups excluding carboxylic acids is 1. The minimum atomic E-state index is -0.717. The van der Waals surface area contributed by atoms with Gasteiger partial charge in [0, 0.05) is 0 Å². The normalized spacial score (nSPS) is 10.4. The summed E-state index contributed by atoms with van der Waals surface area (Å²) in [6.45, 7) is 3.50. The number of methoxy groups -OCH3 is 2. The Hall–Kier alpha value is -2.15. The molecule has 0 aliphatic carbocycles. The van der Waals surface area contributed by atoms with Gasteiger partial charge < -0.3 is 14.8 Å². The zero-order chi connectivity index (χ0) is 13.8. The smallest absolute Gasteiger partial charge is 0.256 e. The predicted octanol–water partition coefficient (Wildman–Crippen LogP) is 1.85. The lowest BCUT2D eigenvalue weighted by Gasteiger charge is -2.20. The number of ether oxygens (including phenoxy) is 2. The molecule has 1 aromatic carbocycles. The first-order valence-corrected chi connectivity index (χ1v) is 5.46. The third-order valence-electron chi connectivity index (χ3n) is 2.44. The number of hydrogen-bond donors (Lipinski definition) is 1. The molecule has 0 heterocycles. The van der Waals surface area contributed by atoms with Gasteiger partial charge >= 0.3 is 0 Å². The predicted molar refractivity (Wildman–Crippen MR) is 69.9 cm³/mol. The van der Waals surface area contributed by atoms with E-state index in [1.165, 1.54) is 14.2 Å². The second-order valence-electron chi connectivity index (χ2n) is 4.29. The fourth-order valence-corrected chi connectivity index (χ4v) is 1.38. The van der Waals surface area contributed by atoms with Gasteiger partial charge in [-0.3, -0.25) is 4.79 Å². The molecule has 0 atom stereocenters. The number of amides is 1. The maximum atomic E-state index is 12.1. The second-order valence-corrected chi connectivity index (χ2v) is 4.29. The highest BCUT2D eigenvalue weighted by Crippen LogP contribution is 2.24. The maximum Gasteiger partial charge on any atom is 0.256 e. The molecule has 4 nitrogen and oxygen atoms in total. The first-order chi connectivity index (χ1) is 8.43. The minimum Gasteiger partial charge on any atom is -0.497 e. The zero-order valence-corrected chi connectivity index (χ0v) is 11.0. The van der Waals surface area contributed by atoms with Gasteiger partial charge in [0.1, 0.15) is 11.5 Å². The summed E-state index contributed by atoms with van der Waals surface area (Å²) in [5, 5.41) is 2.74. The summed E-state index contributed by atoms with van der Waals surface area (Å²) in [4.78, 5) is 12.1. The SMILES string of the molecule is C#CC(C)(C)NC(=O)c1cc(OC)ccc1OC. The van der Waals surface area contributed by atoms with Crippen LogP contribution in [0.15, 0.2) is 18.2 Å². The van der Waals surface area contributed by atoms with Crippen molar-refractivity contribution in [2.75, 3.05) is 14.2 Å². The second kappa shape index (κ2) is 5.46. The van der Waals surface area contributed by atoms with Gasteiger partial charge in [-0.25, -0.2) is 0 Å². The lowest BCUT2D eigenvalue weighted by molar-refractivity contribution is 0.0926. The van der Waals surface area contributed by atoms with Crippen LogP contribution in [0, 0.1) is 12.3 Å². The molecule has 4 heteroatoms. The molecule has 96 valence electrons. The molecule has 0 radical (unpaired) electrons. The van der Waals surface area contributed by atoms with E-state index in [1.807, 2.05) is 0 Å². The fraction of sp³-hybridized carbons (Fsp3) is 0.357. The molecule has 0 aliphatic rings. The van der Waals surface area contributed by atoms with Crippen molar-refractivity contribution in [3.63, 3.8) is 0 Å². The van der Waals surface area contributed by atoms with E-state index in [2.05, 4.69) is 11.2 Å². The lowest BCUT2D eigenvalue weighted by Crippen LogP contribution is -2.42. The third-order valence-corrected chi connectivity index (χ3v) is 2.44. The Morgan fingerprint density at radius 3 is 2.50 bits per heavy atom. The van der Waals surface area contributed by atoms with Crippen molar-refractivity contribution >= 4 is 5.91 Å². The van der Waals surface area contributed by atoms with E-state index in [9.17, 15) is 4.79 Å². The molecule has 1 rings (SSSR count). The van der Waals surface area contributed by atoms with Crippen molar-refractivity contribution < 1.29 is 14.3 Å². The maximum absolute atomic E-state index is 12.1. The largest absolute Gasteiger partial charge is 0.497 e. The van der Waals surface area contributed by atoms with Crippen LogP contribution in [0.3, 0.4) is 0 Å². The van der Waals surface area contributed by atoms with Crippen molar-refractivity contribution in [3.8, 4) is 23.8 Å². The van der Waals surface area contributed by atoms with Gasteiger partial charge in [-0.2, -0.15) is 0 Å². The highest BCUT2D eigenvalue weighted by molar-refractivity contribution is 5.98. The number of terminal acetylenes is 1. The van der Waals surface area contributed by atoms with Crippen LogP contribution < -0.4 is 14.8 Å². The first-order valence-electron chi connectivity index (χ1n) is 5.46. The van der Waals surface area contributed by atoms with Gasteiger partial charge in [-0.1, -0.05) is 5.92 Å². The summed E-state index contributed by atoms with van der Waals surface area (Å²) in [6.07, 6.45) is 5.34. The first kappa shape index (κ1) is 13.9.